The van der Waals surface area contributed by atoms with Crippen molar-refractivity contribution in [2.45, 2.75) is 76.1 Å². The lowest BCUT2D eigenvalue weighted by Crippen LogP contribution is -2.61. The van der Waals surface area contributed by atoms with Gasteiger partial charge in [-0.25, -0.2) is 14.8 Å². The third kappa shape index (κ3) is 6.60. The Bertz CT molecular complexity index is 2120. The highest BCUT2D eigenvalue weighted by molar-refractivity contribution is 6.33. The first-order valence-corrected chi connectivity index (χ1v) is 20.0. The third-order valence-electron chi connectivity index (χ3n) is 12.8. The minimum Gasteiger partial charge on any atom is -0.473 e. The molecule has 6 aliphatic rings. The Morgan fingerprint density at radius 3 is 2.34 bits per heavy atom. The predicted molar refractivity (Wildman–Crippen MR) is 209 cm³/mol. The molecule has 5 saturated heterocycles. The number of hydrogen-bond donors (Lipinski definition) is 1. The first-order valence-electron chi connectivity index (χ1n) is 19.6. The second-order valence-electron chi connectivity index (χ2n) is 16.2. The Balaban J connectivity index is 0.725. The molecule has 3 aromatic rings. The molecule has 7 heterocycles. The van der Waals surface area contributed by atoms with Gasteiger partial charge < -0.3 is 19.4 Å². The second-order valence-corrected chi connectivity index (χ2v) is 16.6. The van der Waals surface area contributed by atoms with Crippen LogP contribution in [0.3, 0.4) is 0 Å². The number of nitrogens with zero attached hydrogens (tertiary/aromatic N) is 8. The number of carbonyl (C=O) groups is 4. The van der Waals surface area contributed by atoms with Crippen LogP contribution in [-0.4, -0.2) is 113 Å². The van der Waals surface area contributed by atoms with Gasteiger partial charge in [0.2, 0.25) is 23.4 Å². The number of piperidine rings is 3. The predicted octanol–water partition coefficient (Wildman–Crippen LogP) is 4.70. The molecule has 15 heteroatoms. The van der Waals surface area contributed by atoms with Crippen molar-refractivity contribution in [2.24, 2.45) is 5.41 Å². The molecule has 1 spiro atoms. The molecule has 1 unspecified atom stereocenters. The number of rotatable bonds is 7. The Hall–Kier alpha value is -5.26. The van der Waals surface area contributed by atoms with Crippen LogP contribution in [0.5, 0.6) is 5.88 Å². The minimum atomic E-state index is -0.970. The number of fused-ring (bicyclic) bond motifs is 1. The number of nitrogens with one attached hydrogen (secondary N) is 1. The molecule has 0 aliphatic carbocycles. The first kappa shape index (κ1) is 36.4. The number of halogens is 1. The number of ether oxygens (including phenoxy) is 1. The van der Waals surface area contributed by atoms with E-state index in [9.17, 15) is 19.2 Å². The summed E-state index contributed by atoms with van der Waals surface area (Å²) >= 11 is 6.37. The monoisotopic (exact) mass is 777 g/mol. The molecular weight excluding hydrogens is 734 g/mol. The van der Waals surface area contributed by atoms with Crippen LogP contribution in [0.25, 0.3) is 4.85 Å². The highest BCUT2D eigenvalue weighted by Crippen LogP contribution is 2.46. The van der Waals surface area contributed by atoms with E-state index >= 15 is 0 Å². The summed E-state index contributed by atoms with van der Waals surface area (Å²) in [6.07, 6.45) is 8.98. The average Bonchev–Trinajstić information content (AvgIpc) is 3.63. The van der Waals surface area contributed by atoms with Crippen molar-refractivity contribution in [3.8, 4) is 5.88 Å². The van der Waals surface area contributed by atoms with Gasteiger partial charge in [-0.3, -0.25) is 34.3 Å². The van der Waals surface area contributed by atoms with Crippen LogP contribution >= 0.6 is 11.6 Å². The number of likely N-dealkylation sites (tertiary alicyclic amines) is 1. The Labute approximate surface area is 330 Å². The normalized spacial score (nSPS) is 24.4. The molecule has 1 aromatic heterocycles. The van der Waals surface area contributed by atoms with E-state index in [2.05, 4.69) is 41.7 Å². The maximum absolute atomic E-state index is 13.3. The number of benzene rings is 2. The largest absolute Gasteiger partial charge is 0.473 e. The maximum atomic E-state index is 13.3. The smallest absolute Gasteiger partial charge is 0.262 e. The molecule has 5 fully saturated rings. The Kier molecular flexibility index (Phi) is 9.32. The van der Waals surface area contributed by atoms with Gasteiger partial charge >= 0.3 is 0 Å². The summed E-state index contributed by atoms with van der Waals surface area (Å²) in [6, 6.07) is 10.9. The van der Waals surface area contributed by atoms with Crippen molar-refractivity contribution in [1.29, 1.82) is 0 Å². The van der Waals surface area contributed by atoms with Gasteiger partial charge in [-0.2, -0.15) is 0 Å². The van der Waals surface area contributed by atoms with Gasteiger partial charge in [-0.05, 0) is 81.2 Å². The fourth-order valence-corrected chi connectivity index (χ4v) is 9.83. The topological polar surface area (TPSA) is 136 Å². The lowest BCUT2D eigenvalue weighted by atomic mass is 9.77. The molecule has 6 aliphatic heterocycles. The van der Waals surface area contributed by atoms with E-state index in [0.29, 0.717) is 39.8 Å². The van der Waals surface area contributed by atoms with E-state index in [1.807, 2.05) is 30.5 Å². The summed E-state index contributed by atoms with van der Waals surface area (Å²) in [4.78, 5) is 73.8. The summed E-state index contributed by atoms with van der Waals surface area (Å²) < 4.78 is 6.29. The molecule has 0 saturated carbocycles. The minimum absolute atomic E-state index is 0.0738. The van der Waals surface area contributed by atoms with E-state index in [0.717, 1.165) is 100 Å². The number of aromatic nitrogens is 2. The summed E-state index contributed by atoms with van der Waals surface area (Å²) in [5.41, 5.74) is 3.30. The summed E-state index contributed by atoms with van der Waals surface area (Å²) in [5, 5.41) is 2.75. The fraction of sp³-hybridized carbons (Fsp3) is 0.488. The van der Waals surface area contributed by atoms with Crippen LogP contribution in [-0.2, 0) is 9.59 Å². The highest BCUT2D eigenvalue weighted by atomic mass is 35.5. The third-order valence-corrected chi connectivity index (χ3v) is 13.1. The summed E-state index contributed by atoms with van der Waals surface area (Å²) in [6.45, 7) is 15.9. The van der Waals surface area contributed by atoms with Gasteiger partial charge in [0.25, 0.3) is 11.8 Å². The molecule has 4 amide bonds. The molecular formula is C41H44ClN9O5. The molecule has 0 bridgehead atoms. The lowest BCUT2D eigenvalue weighted by Gasteiger charge is -2.48. The average molecular weight is 778 g/mol. The molecule has 56 heavy (non-hydrogen) atoms. The number of imide groups is 2. The van der Waals surface area contributed by atoms with Gasteiger partial charge in [0, 0.05) is 80.7 Å². The van der Waals surface area contributed by atoms with Crippen LogP contribution in [0, 0.1) is 12.0 Å². The molecule has 290 valence electrons. The van der Waals surface area contributed by atoms with Crippen LogP contribution < -0.4 is 24.8 Å². The van der Waals surface area contributed by atoms with Crippen LogP contribution in [0.1, 0.15) is 72.6 Å². The SMILES string of the molecule is [C-]#[N+]c1ccc(N2CC3(CCN(c4cnc(OC5CCN(C6CN(c7ccc8c(c7)C(=O)N(C7CCC(=O)NC7=O)C8=O)C6)CC5)cn4)CC3)C[C@@H]2C)cc1Cl. The second kappa shape index (κ2) is 14.4. The standard InChI is InChI=1S/C41H44ClN9O5/c1-25-19-41(24-50(25)27-4-6-33(43-2)32(42)18-27)11-15-48(16-12-41)35-20-45-37(21-44-35)56-29-9-13-47(14-10-29)28-22-49(23-28)26-3-5-30-31(17-26)40(55)51(39(30)54)34-7-8-36(52)46-38(34)53/h3-6,17-18,20-21,25,28-29,34H,7-16,19,22-24H2,1H3,(H,46,52,53)/t25-,34?/m0/s1. The zero-order valence-electron chi connectivity index (χ0n) is 31.3. The first-order chi connectivity index (χ1) is 27.1. The van der Waals surface area contributed by atoms with Gasteiger partial charge in [-0.15, -0.1) is 0 Å². The zero-order valence-corrected chi connectivity index (χ0v) is 32.1. The highest BCUT2D eigenvalue weighted by Gasteiger charge is 2.46. The van der Waals surface area contributed by atoms with E-state index in [1.54, 1.807) is 18.3 Å². The van der Waals surface area contributed by atoms with Gasteiger partial charge in [0.05, 0.1) is 30.1 Å². The Morgan fingerprint density at radius 1 is 0.893 bits per heavy atom. The number of carbonyl (C=O) groups excluding carboxylic acids is 4. The van der Waals surface area contributed by atoms with E-state index in [-0.39, 0.29) is 24.4 Å². The molecule has 2 aromatic carbocycles. The molecule has 1 N–H and O–H groups in total. The van der Waals surface area contributed by atoms with Gasteiger partial charge in [0.1, 0.15) is 18.0 Å². The molecule has 14 nitrogen and oxygen atoms in total. The fourth-order valence-electron chi connectivity index (χ4n) is 9.62. The molecule has 0 radical (unpaired) electrons. The van der Waals surface area contributed by atoms with Crippen molar-refractivity contribution >= 4 is 58.1 Å². The molecule has 2 atom stereocenters. The van der Waals surface area contributed by atoms with Crippen molar-refractivity contribution < 1.29 is 23.9 Å². The van der Waals surface area contributed by atoms with Crippen molar-refractivity contribution in [3.05, 3.63) is 76.4 Å². The van der Waals surface area contributed by atoms with Crippen LogP contribution in [0.15, 0.2) is 48.8 Å². The van der Waals surface area contributed by atoms with Crippen molar-refractivity contribution in [1.82, 2.24) is 25.1 Å². The van der Waals surface area contributed by atoms with Crippen molar-refractivity contribution in [2.75, 3.05) is 60.5 Å². The molecule has 9 rings (SSSR count). The van der Waals surface area contributed by atoms with E-state index < -0.39 is 29.7 Å². The van der Waals surface area contributed by atoms with Gasteiger partial charge in [0.15, 0.2) is 0 Å². The number of anilines is 3. The number of hydrogen-bond acceptors (Lipinski definition) is 11. The Morgan fingerprint density at radius 2 is 1.64 bits per heavy atom. The van der Waals surface area contributed by atoms with Gasteiger partial charge in [-0.1, -0.05) is 17.7 Å². The quantitative estimate of drug-likeness (QED) is 0.264. The lowest BCUT2D eigenvalue weighted by molar-refractivity contribution is -0.136. The van der Waals surface area contributed by atoms with E-state index in [1.165, 1.54) is 0 Å². The van der Waals surface area contributed by atoms with Crippen molar-refractivity contribution in [3.63, 3.8) is 0 Å². The summed E-state index contributed by atoms with van der Waals surface area (Å²) in [5.74, 6) is -0.537. The summed E-state index contributed by atoms with van der Waals surface area (Å²) in [7, 11) is 0. The van der Waals surface area contributed by atoms with Crippen LogP contribution in [0.4, 0.5) is 22.9 Å². The van der Waals surface area contributed by atoms with E-state index in [4.69, 9.17) is 27.9 Å². The maximum Gasteiger partial charge on any atom is 0.262 e. The van der Waals surface area contributed by atoms with Crippen LogP contribution in [0.2, 0.25) is 5.02 Å². The zero-order chi connectivity index (χ0) is 38.7. The number of amides is 4.